The van der Waals surface area contributed by atoms with E-state index in [4.69, 9.17) is 5.11 Å². The fourth-order valence-corrected chi connectivity index (χ4v) is 5.05. The molecule has 0 saturated carbocycles. The van der Waals surface area contributed by atoms with Crippen molar-refractivity contribution in [2.75, 3.05) is 19.7 Å². The lowest BCUT2D eigenvalue weighted by Gasteiger charge is -2.30. The van der Waals surface area contributed by atoms with E-state index in [-0.39, 0.29) is 36.9 Å². The first-order chi connectivity index (χ1) is 15.1. The van der Waals surface area contributed by atoms with Gasteiger partial charge in [-0.1, -0.05) is 56.3 Å². The highest BCUT2D eigenvalue weighted by atomic mass is 32.2. The second-order valence-corrected chi connectivity index (χ2v) is 10.1. The minimum Gasteiger partial charge on any atom is -0.465 e. The second-order valence-electron chi connectivity index (χ2n) is 8.15. The molecule has 0 fully saturated rings. The van der Waals surface area contributed by atoms with Crippen molar-refractivity contribution >= 4 is 16.1 Å². The number of benzene rings is 2. The molecule has 0 aliphatic carbocycles. The van der Waals surface area contributed by atoms with Crippen LogP contribution in [0.25, 0.3) is 0 Å². The number of sulfonamides is 1. The summed E-state index contributed by atoms with van der Waals surface area (Å²) >= 11 is 0. The third-order valence-electron chi connectivity index (χ3n) is 4.99. The van der Waals surface area contributed by atoms with E-state index in [1.54, 1.807) is 12.1 Å². The maximum Gasteiger partial charge on any atom is 0.404 e. The van der Waals surface area contributed by atoms with E-state index in [9.17, 15) is 23.4 Å². The molecule has 2 aromatic carbocycles. The summed E-state index contributed by atoms with van der Waals surface area (Å²) in [5.74, 6) is -0.00866. The number of nitrogens with zero attached hydrogens (tertiary/aromatic N) is 1. The Kier molecular flexibility index (Phi) is 9.64. The van der Waals surface area contributed by atoms with Crippen molar-refractivity contribution < 1.29 is 28.5 Å². The molecule has 0 heterocycles. The molecular formula is C23H32N2O6S. The molecule has 0 radical (unpaired) electrons. The van der Waals surface area contributed by atoms with E-state index in [1.807, 2.05) is 44.2 Å². The maximum atomic E-state index is 13.3. The van der Waals surface area contributed by atoms with Gasteiger partial charge in [-0.3, -0.25) is 0 Å². The first kappa shape index (κ1) is 25.8. The number of hydrogen-bond donors (Lipinski definition) is 4. The summed E-state index contributed by atoms with van der Waals surface area (Å²) in [5.41, 5.74) is 1.64. The largest absolute Gasteiger partial charge is 0.465 e. The Hall–Kier alpha value is -2.46. The van der Waals surface area contributed by atoms with E-state index in [1.165, 1.54) is 16.4 Å². The fourth-order valence-electron chi connectivity index (χ4n) is 3.43. The molecule has 8 nitrogen and oxygen atoms in total. The van der Waals surface area contributed by atoms with Crippen molar-refractivity contribution in [2.45, 2.75) is 43.7 Å². The van der Waals surface area contributed by atoms with E-state index in [0.717, 1.165) is 11.1 Å². The predicted octanol–water partition coefficient (Wildman–Crippen LogP) is 2.11. The van der Waals surface area contributed by atoms with Gasteiger partial charge < -0.3 is 20.6 Å². The molecule has 2 atom stereocenters. The molecule has 0 unspecified atom stereocenters. The van der Waals surface area contributed by atoms with Gasteiger partial charge in [0.2, 0.25) is 10.0 Å². The number of carbonyl (C=O) groups is 1. The number of amides is 1. The van der Waals surface area contributed by atoms with Crippen LogP contribution in [0.15, 0.2) is 59.5 Å². The van der Waals surface area contributed by atoms with E-state index >= 15 is 0 Å². The number of aliphatic hydroxyl groups is 2. The van der Waals surface area contributed by atoms with E-state index in [2.05, 4.69) is 5.32 Å². The standard InChI is InChI=1S/C23H32N2O6S/c1-17(2)15-25(32(30,31)20-10-8-18(9-11-20)12-13-26)16-22(27)21(24-23(28)29)14-19-6-4-3-5-7-19/h3-11,17,21-22,24,26-27H,12-16H2,1-2H3,(H,28,29)/t21-,22+/m0/s1. The Bertz CT molecular complexity index is 948. The maximum absolute atomic E-state index is 13.3. The average molecular weight is 465 g/mol. The van der Waals surface area contributed by atoms with Gasteiger partial charge in [0.25, 0.3) is 0 Å². The molecule has 2 aromatic rings. The molecule has 0 bridgehead atoms. The van der Waals surface area contributed by atoms with Gasteiger partial charge in [0.05, 0.1) is 17.0 Å². The Morgan fingerprint density at radius 3 is 2.16 bits per heavy atom. The lowest BCUT2D eigenvalue weighted by molar-refractivity contribution is 0.0980. The van der Waals surface area contributed by atoms with Gasteiger partial charge in [0, 0.05) is 19.7 Å². The van der Waals surface area contributed by atoms with Crippen LogP contribution in [0.5, 0.6) is 0 Å². The van der Waals surface area contributed by atoms with Gasteiger partial charge in [-0.2, -0.15) is 4.31 Å². The summed E-state index contributed by atoms with van der Waals surface area (Å²) in [6.07, 6.45) is -1.90. The molecule has 0 aliphatic rings. The monoisotopic (exact) mass is 464 g/mol. The topological polar surface area (TPSA) is 127 Å². The summed E-state index contributed by atoms with van der Waals surface area (Å²) < 4.78 is 27.8. The van der Waals surface area contributed by atoms with Gasteiger partial charge in [0.1, 0.15) is 0 Å². The third kappa shape index (κ3) is 7.59. The normalized spacial score (nSPS) is 13.8. The molecule has 2 rings (SSSR count). The highest BCUT2D eigenvalue weighted by Gasteiger charge is 2.31. The number of carboxylic acid groups (broad SMARTS) is 1. The van der Waals surface area contributed by atoms with Gasteiger partial charge in [0.15, 0.2) is 0 Å². The Labute approximate surface area is 189 Å². The van der Waals surface area contributed by atoms with Gasteiger partial charge in [-0.15, -0.1) is 0 Å². The average Bonchev–Trinajstić information content (AvgIpc) is 2.73. The quantitative estimate of drug-likeness (QED) is 0.381. The van der Waals surface area contributed by atoms with Crippen LogP contribution in [-0.2, 0) is 22.9 Å². The highest BCUT2D eigenvalue weighted by Crippen LogP contribution is 2.20. The summed E-state index contributed by atoms with van der Waals surface area (Å²) in [7, 11) is -3.92. The molecule has 0 aromatic heterocycles. The van der Waals surface area contributed by atoms with Gasteiger partial charge in [-0.25, -0.2) is 13.2 Å². The van der Waals surface area contributed by atoms with Crippen LogP contribution >= 0.6 is 0 Å². The summed E-state index contributed by atoms with van der Waals surface area (Å²) in [5, 5.41) is 31.5. The lowest BCUT2D eigenvalue weighted by atomic mass is 10.0. The van der Waals surface area contributed by atoms with Crippen LogP contribution in [0.1, 0.15) is 25.0 Å². The van der Waals surface area contributed by atoms with E-state index in [0.29, 0.717) is 6.42 Å². The number of nitrogens with one attached hydrogen (secondary N) is 1. The van der Waals surface area contributed by atoms with Crippen LogP contribution in [-0.4, -0.2) is 66.0 Å². The smallest absolute Gasteiger partial charge is 0.404 e. The second kappa shape index (κ2) is 12.0. The molecular weight excluding hydrogens is 432 g/mol. The molecule has 0 spiro atoms. The lowest BCUT2D eigenvalue weighted by Crippen LogP contribution is -2.50. The SMILES string of the molecule is CC(C)CN(C[C@@H](O)[C@H](Cc1ccccc1)NC(=O)O)S(=O)(=O)c1ccc(CCO)cc1. The Morgan fingerprint density at radius 1 is 1.00 bits per heavy atom. The van der Waals surface area contributed by atoms with Crippen LogP contribution in [0.4, 0.5) is 4.79 Å². The van der Waals surface area contributed by atoms with Crippen molar-refractivity contribution in [3.8, 4) is 0 Å². The van der Waals surface area contributed by atoms with Crippen molar-refractivity contribution in [1.29, 1.82) is 0 Å². The fraction of sp³-hybridized carbons (Fsp3) is 0.435. The Morgan fingerprint density at radius 2 is 1.62 bits per heavy atom. The summed E-state index contributed by atoms with van der Waals surface area (Å²) in [6, 6.07) is 14.5. The van der Waals surface area contributed by atoms with E-state index < -0.39 is 28.3 Å². The number of hydrogen-bond acceptors (Lipinski definition) is 5. The molecule has 9 heteroatoms. The Balaban J connectivity index is 2.26. The molecule has 0 aliphatic heterocycles. The van der Waals surface area contributed by atoms with Crippen molar-refractivity contribution in [1.82, 2.24) is 9.62 Å². The summed E-state index contributed by atoms with van der Waals surface area (Å²) in [4.78, 5) is 11.4. The number of rotatable bonds is 12. The molecule has 4 N–H and O–H groups in total. The number of aliphatic hydroxyl groups excluding tert-OH is 2. The molecule has 0 saturated heterocycles. The zero-order chi connectivity index (χ0) is 23.7. The zero-order valence-corrected chi connectivity index (χ0v) is 19.2. The minimum absolute atomic E-state index is 0.00866. The molecule has 1 amide bonds. The minimum atomic E-state index is -3.92. The van der Waals surface area contributed by atoms with Crippen molar-refractivity contribution in [3.63, 3.8) is 0 Å². The summed E-state index contributed by atoms with van der Waals surface area (Å²) in [6.45, 7) is 3.63. The van der Waals surface area contributed by atoms with Crippen LogP contribution in [0.2, 0.25) is 0 Å². The highest BCUT2D eigenvalue weighted by molar-refractivity contribution is 7.89. The predicted molar refractivity (Wildman–Crippen MR) is 122 cm³/mol. The first-order valence-corrected chi connectivity index (χ1v) is 12.0. The van der Waals surface area contributed by atoms with Crippen LogP contribution in [0.3, 0.4) is 0 Å². The van der Waals surface area contributed by atoms with Crippen molar-refractivity contribution in [3.05, 3.63) is 65.7 Å². The van der Waals surface area contributed by atoms with Crippen LogP contribution < -0.4 is 5.32 Å². The third-order valence-corrected chi connectivity index (χ3v) is 6.84. The first-order valence-electron chi connectivity index (χ1n) is 10.5. The van der Waals surface area contributed by atoms with Gasteiger partial charge >= 0.3 is 6.09 Å². The zero-order valence-electron chi connectivity index (χ0n) is 18.4. The van der Waals surface area contributed by atoms with Gasteiger partial charge in [-0.05, 0) is 42.0 Å². The van der Waals surface area contributed by atoms with Crippen LogP contribution in [0, 0.1) is 5.92 Å². The molecule has 176 valence electrons. The van der Waals surface area contributed by atoms with Crippen molar-refractivity contribution in [2.24, 2.45) is 5.92 Å². The molecule has 32 heavy (non-hydrogen) atoms.